The number of rotatable bonds is 11. The van der Waals surface area contributed by atoms with Gasteiger partial charge in [-0.05, 0) is 54.8 Å². The van der Waals surface area contributed by atoms with Crippen LogP contribution < -0.4 is 20.2 Å². The zero-order chi connectivity index (χ0) is 26.0. The number of hydrogen-bond acceptors (Lipinski definition) is 7. The Hall–Kier alpha value is -3.30. The van der Waals surface area contributed by atoms with Gasteiger partial charge in [0.25, 0.3) is 11.8 Å². The first kappa shape index (κ1) is 27.9. The number of benzene rings is 2. The van der Waals surface area contributed by atoms with Crippen LogP contribution in [0, 0.1) is 5.92 Å². The molecule has 0 radical (unpaired) electrons. The van der Waals surface area contributed by atoms with Crippen LogP contribution in [0.5, 0.6) is 11.5 Å². The maximum Gasteiger partial charge on any atom is 0.344 e. The molecule has 2 N–H and O–H groups in total. The molecule has 9 nitrogen and oxygen atoms in total. The maximum atomic E-state index is 12.7. The molecule has 0 bridgehead atoms. The first-order valence-electron chi connectivity index (χ1n) is 10.7. The molecule has 0 saturated carbocycles. The molecule has 0 fully saturated rings. The first-order valence-corrected chi connectivity index (χ1v) is 11.5. The summed E-state index contributed by atoms with van der Waals surface area (Å²) < 4.78 is 15.5. The van der Waals surface area contributed by atoms with Crippen molar-refractivity contribution in [2.75, 3.05) is 20.3 Å². The van der Waals surface area contributed by atoms with Gasteiger partial charge >= 0.3 is 5.97 Å². The Labute approximate surface area is 213 Å². The molecule has 0 spiro atoms. The predicted molar refractivity (Wildman–Crippen MR) is 133 cm³/mol. The van der Waals surface area contributed by atoms with E-state index in [-0.39, 0.29) is 29.7 Å². The van der Waals surface area contributed by atoms with Crippen LogP contribution >= 0.6 is 23.2 Å². The molecule has 11 heteroatoms. The lowest BCUT2D eigenvalue weighted by molar-refractivity contribution is -0.145. The summed E-state index contributed by atoms with van der Waals surface area (Å²) in [7, 11) is 1.46. The summed E-state index contributed by atoms with van der Waals surface area (Å²) in [5.41, 5.74) is 3.31. The topological polar surface area (TPSA) is 115 Å². The molecule has 2 rings (SSSR count). The highest BCUT2D eigenvalue weighted by Crippen LogP contribution is 2.27. The standard InChI is InChI=1S/C24H27Cl2N3O6/c1-5-34-21(30)13-35-19-9-6-15(10-20(19)33-4)12-27-29-24(32)22(14(2)3)28-23(31)16-7-8-17(25)18(26)11-16/h6-12,14,22H,5,13H2,1-4H3,(H,28,31)(H,29,32)/b27-12+. The molecule has 0 heterocycles. The van der Waals surface area contributed by atoms with E-state index in [4.69, 9.17) is 37.4 Å². The monoisotopic (exact) mass is 523 g/mol. The van der Waals surface area contributed by atoms with Crippen molar-refractivity contribution in [3.63, 3.8) is 0 Å². The summed E-state index contributed by atoms with van der Waals surface area (Å²) >= 11 is 11.9. The normalized spacial score (nSPS) is 11.7. The zero-order valence-electron chi connectivity index (χ0n) is 19.8. The molecule has 0 aliphatic rings. The minimum atomic E-state index is -0.845. The fourth-order valence-electron chi connectivity index (χ4n) is 2.86. The Bertz CT molecular complexity index is 1090. The van der Waals surface area contributed by atoms with Crippen molar-refractivity contribution in [2.24, 2.45) is 11.0 Å². The summed E-state index contributed by atoms with van der Waals surface area (Å²) in [4.78, 5) is 36.7. The third-order valence-corrected chi connectivity index (χ3v) is 5.38. The minimum absolute atomic E-state index is 0.215. The molecular weight excluding hydrogens is 497 g/mol. The molecule has 35 heavy (non-hydrogen) atoms. The lowest BCUT2D eigenvalue weighted by atomic mass is 10.0. The number of esters is 1. The quantitative estimate of drug-likeness (QED) is 0.262. The Morgan fingerprint density at radius 1 is 1.06 bits per heavy atom. The molecule has 0 saturated heterocycles. The average Bonchev–Trinajstić information content (AvgIpc) is 2.82. The second-order valence-corrected chi connectivity index (χ2v) is 8.38. The van der Waals surface area contributed by atoms with Crippen LogP contribution in [0.25, 0.3) is 0 Å². The van der Waals surface area contributed by atoms with E-state index in [1.807, 2.05) is 0 Å². The minimum Gasteiger partial charge on any atom is -0.493 e. The zero-order valence-corrected chi connectivity index (χ0v) is 21.3. The predicted octanol–water partition coefficient (Wildman–Crippen LogP) is 3.85. The number of halogens is 2. The molecule has 0 aliphatic heterocycles. The van der Waals surface area contributed by atoms with Gasteiger partial charge in [0.2, 0.25) is 0 Å². The number of nitrogens with one attached hydrogen (secondary N) is 2. The van der Waals surface area contributed by atoms with Crippen LogP contribution in [-0.4, -0.2) is 50.4 Å². The van der Waals surface area contributed by atoms with Gasteiger partial charge in [-0.1, -0.05) is 37.0 Å². The van der Waals surface area contributed by atoms with Crippen molar-refractivity contribution in [2.45, 2.75) is 26.8 Å². The van der Waals surface area contributed by atoms with Gasteiger partial charge in [-0.15, -0.1) is 0 Å². The molecule has 188 valence electrons. The van der Waals surface area contributed by atoms with Crippen molar-refractivity contribution < 1.29 is 28.6 Å². The molecule has 2 aromatic rings. The molecule has 0 aromatic heterocycles. The number of carbonyl (C=O) groups excluding carboxylic acids is 3. The Morgan fingerprint density at radius 2 is 1.80 bits per heavy atom. The van der Waals surface area contributed by atoms with Crippen LogP contribution in [0.4, 0.5) is 0 Å². The molecule has 2 amide bonds. The summed E-state index contributed by atoms with van der Waals surface area (Å²) in [5, 5.41) is 7.22. The van der Waals surface area contributed by atoms with Crippen LogP contribution in [0.3, 0.4) is 0 Å². The van der Waals surface area contributed by atoms with Crippen molar-refractivity contribution in [1.29, 1.82) is 0 Å². The van der Waals surface area contributed by atoms with E-state index >= 15 is 0 Å². The van der Waals surface area contributed by atoms with E-state index in [9.17, 15) is 14.4 Å². The summed E-state index contributed by atoms with van der Waals surface area (Å²) in [6.07, 6.45) is 1.41. The fraction of sp³-hybridized carbons (Fsp3) is 0.333. The van der Waals surface area contributed by atoms with Gasteiger partial charge < -0.3 is 19.5 Å². The molecule has 2 aromatic carbocycles. The molecule has 0 aliphatic carbocycles. The van der Waals surface area contributed by atoms with Crippen molar-refractivity contribution in [3.8, 4) is 11.5 Å². The highest BCUT2D eigenvalue weighted by atomic mass is 35.5. The number of carbonyl (C=O) groups is 3. The van der Waals surface area contributed by atoms with Gasteiger partial charge in [0.15, 0.2) is 18.1 Å². The van der Waals surface area contributed by atoms with E-state index in [1.54, 1.807) is 39.0 Å². The average molecular weight is 524 g/mol. The van der Waals surface area contributed by atoms with Gasteiger partial charge in [0.1, 0.15) is 6.04 Å². The lowest BCUT2D eigenvalue weighted by Crippen LogP contribution is -2.48. The van der Waals surface area contributed by atoms with Crippen LogP contribution in [0.1, 0.15) is 36.7 Å². The van der Waals surface area contributed by atoms with E-state index in [2.05, 4.69) is 15.8 Å². The Kier molecular flexibility index (Phi) is 10.8. The molecular formula is C24H27Cl2N3O6. The SMILES string of the molecule is CCOC(=O)COc1ccc(/C=N/NC(=O)C(NC(=O)c2ccc(Cl)c(Cl)c2)C(C)C)cc1OC. The number of ether oxygens (including phenoxy) is 3. The van der Waals surface area contributed by atoms with Crippen LogP contribution in [-0.2, 0) is 14.3 Å². The number of methoxy groups -OCH3 is 1. The first-order chi connectivity index (χ1) is 16.7. The van der Waals surface area contributed by atoms with Gasteiger partial charge in [-0.3, -0.25) is 9.59 Å². The number of nitrogens with zero attached hydrogens (tertiary/aromatic N) is 1. The van der Waals surface area contributed by atoms with E-state index < -0.39 is 23.8 Å². The summed E-state index contributed by atoms with van der Waals surface area (Å²) in [6, 6.07) is 8.52. The molecule has 1 unspecified atom stereocenters. The van der Waals surface area contributed by atoms with Crippen LogP contribution in [0.15, 0.2) is 41.5 Å². The Morgan fingerprint density at radius 3 is 2.43 bits per heavy atom. The third-order valence-electron chi connectivity index (χ3n) is 4.64. The van der Waals surface area contributed by atoms with E-state index in [1.165, 1.54) is 31.5 Å². The maximum absolute atomic E-state index is 12.7. The summed E-state index contributed by atoms with van der Waals surface area (Å²) in [5.74, 6) is -0.942. The second kappa shape index (κ2) is 13.6. The highest BCUT2D eigenvalue weighted by molar-refractivity contribution is 6.42. The van der Waals surface area contributed by atoms with Crippen molar-refractivity contribution in [3.05, 3.63) is 57.6 Å². The summed E-state index contributed by atoms with van der Waals surface area (Å²) in [6.45, 7) is 5.31. The van der Waals surface area contributed by atoms with Gasteiger partial charge in [-0.2, -0.15) is 5.10 Å². The number of hydrogen-bond donors (Lipinski definition) is 2. The van der Waals surface area contributed by atoms with Crippen LogP contribution in [0.2, 0.25) is 10.0 Å². The fourth-order valence-corrected chi connectivity index (χ4v) is 3.16. The van der Waals surface area contributed by atoms with E-state index in [0.717, 1.165) is 0 Å². The Balaban J connectivity index is 2.02. The molecule has 1 atom stereocenters. The second-order valence-electron chi connectivity index (χ2n) is 7.56. The van der Waals surface area contributed by atoms with Gasteiger partial charge in [0.05, 0.1) is 30.0 Å². The van der Waals surface area contributed by atoms with Crippen molar-refractivity contribution in [1.82, 2.24) is 10.7 Å². The highest BCUT2D eigenvalue weighted by Gasteiger charge is 2.24. The van der Waals surface area contributed by atoms with Gasteiger partial charge in [-0.25, -0.2) is 10.2 Å². The largest absolute Gasteiger partial charge is 0.493 e. The number of amides is 2. The lowest BCUT2D eigenvalue weighted by Gasteiger charge is -2.20. The third kappa shape index (κ3) is 8.45. The number of hydrazone groups is 1. The van der Waals surface area contributed by atoms with E-state index in [0.29, 0.717) is 22.1 Å². The smallest absolute Gasteiger partial charge is 0.344 e. The van der Waals surface area contributed by atoms with Gasteiger partial charge in [0, 0.05) is 5.56 Å². The van der Waals surface area contributed by atoms with Crippen molar-refractivity contribution >= 4 is 47.2 Å².